The maximum absolute atomic E-state index is 7.28. The summed E-state index contributed by atoms with van der Waals surface area (Å²) in [6.07, 6.45) is 1.29. The fraction of sp³-hybridized carbons (Fsp3) is 0.0909. The second-order valence-electron chi connectivity index (χ2n) is 3.27. The predicted octanol–water partition coefficient (Wildman–Crippen LogP) is 2.84. The van der Waals surface area contributed by atoms with E-state index in [0.29, 0.717) is 4.64 Å². The van der Waals surface area contributed by atoms with Crippen LogP contribution in [0.25, 0.3) is 5.69 Å². The lowest BCUT2D eigenvalue weighted by Gasteiger charge is -2.00. The van der Waals surface area contributed by atoms with Crippen molar-refractivity contribution in [3.05, 3.63) is 46.2 Å². The first-order valence-corrected chi connectivity index (χ1v) is 5.02. The van der Waals surface area contributed by atoms with Crippen molar-refractivity contribution in [2.45, 2.75) is 6.92 Å². The Morgan fingerprint density at radius 1 is 1.33 bits per heavy atom. The Morgan fingerprint density at radius 3 is 2.53 bits per heavy atom. The normalized spacial score (nSPS) is 10.2. The van der Waals surface area contributed by atoms with E-state index in [1.54, 1.807) is 0 Å². The van der Waals surface area contributed by atoms with Crippen LogP contribution in [0.5, 0.6) is 0 Å². The Labute approximate surface area is 92.9 Å². The molecule has 0 amide bonds. The van der Waals surface area contributed by atoms with Gasteiger partial charge in [0.25, 0.3) is 0 Å². The summed E-state index contributed by atoms with van der Waals surface area (Å²) in [7, 11) is 0. The molecule has 76 valence electrons. The van der Waals surface area contributed by atoms with Crippen molar-refractivity contribution in [2.24, 2.45) is 0 Å². The Hall–Kier alpha value is -1.68. The van der Waals surface area contributed by atoms with Crippen LogP contribution in [0.15, 0.2) is 30.3 Å². The van der Waals surface area contributed by atoms with Crippen molar-refractivity contribution in [1.82, 2.24) is 9.78 Å². The minimum Gasteiger partial charge on any atom is -0.308 e. The predicted molar refractivity (Wildman–Crippen MR) is 63.6 cm³/mol. The minimum atomic E-state index is 0.647. The SMILES string of the molecule is Cc1[nH]n(-c2ccccc2)c(=S)c1C=N. The molecule has 0 aliphatic rings. The molecule has 3 nitrogen and oxygen atoms in total. The molecule has 0 saturated heterocycles. The molecule has 1 heterocycles. The summed E-state index contributed by atoms with van der Waals surface area (Å²) in [6, 6.07) is 9.81. The van der Waals surface area contributed by atoms with Gasteiger partial charge in [-0.25, -0.2) is 4.68 Å². The van der Waals surface area contributed by atoms with E-state index in [4.69, 9.17) is 17.6 Å². The van der Waals surface area contributed by atoms with Crippen LogP contribution in [0, 0.1) is 17.0 Å². The monoisotopic (exact) mass is 217 g/mol. The molecule has 2 aromatic rings. The van der Waals surface area contributed by atoms with Gasteiger partial charge in [-0.1, -0.05) is 30.4 Å². The summed E-state index contributed by atoms with van der Waals surface area (Å²) in [5, 5.41) is 10.4. The smallest absolute Gasteiger partial charge is 0.136 e. The van der Waals surface area contributed by atoms with Crippen LogP contribution in [0.4, 0.5) is 0 Å². The Kier molecular flexibility index (Phi) is 2.51. The van der Waals surface area contributed by atoms with Crippen LogP contribution >= 0.6 is 12.2 Å². The number of aromatic nitrogens is 2. The number of aromatic amines is 1. The lowest BCUT2D eigenvalue weighted by molar-refractivity contribution is 0.853. The molecule has 0 aliphatic heterocycles. The van der Waals surface area contributed by atoms with Gasteiger partial charge in [0.1, 0.15) is 4.64 Å². The Bertz CT molecular complexity index is 537. The average molecular weight is 217 g/mol. The lowest BCUT2D eigenvalue weighted by atomic mass is 10.3. The minimum absolute atomic E-state index is 0.647. The van der Waals surface area contributed by atoms with Crippen LogP contribution in [-0.4, -0.2) is 16.0 Å². The average Bonchev–Trinajstić information content (AvgIpc) is 2.55. The zero-order valence-corrected chi connectivity index (χ0v) is 9.14. The van der Waals surface area contributed by atoms with Gasteiger partial charge in [-0.3, -0.25) is 5.10 Å². The van der Waals surface area contributed by atoms with Gasteiger partial charge < -0.3 is 5.41 Å². The number of hydrogen-bond acceptors (Lipinski definition) is 2. The van der Waals surface area contributed by atoms with Crippen molar-refractivity contribution in [2.75, 3.05) is 0 Å². The highest BCUT2D eigenvalue weighted by molar-refractivity contribution is 7.71. The topological polar surface area (TPSA) is 44.6 Å². The molecule has 15 heavy (non-hydrogen) atoms. The summed E-state index contributed by atoms with van der Waals surface area (Å²) in [5.41, 5.74) is 2.67. The van der Waals surface area contributed by atoms with Crippen molar-refractivity contribution in [1.29, 1.82) is 5.41 Å². The maximum Gasteiger partial charge on any atom is 0.136 e. The molecule has 0 aliphatic carbocycles. The largest absolute Gasteiger partial charge is 0.308 e. The van der Waals surface area contributed by atoms with Crippen LogP contribution in [0.1, 0.15) is 11.3 Å². The van der Waals surface area contributed by atoms with Crippen molar-refractivity contribution < 1.29 is 0 Å². The van der Waals surface area contributed by atoms with Crippen molar-refractivity contribution in [3.63, 3.8) is 0 Å². The second kappa shape index (κ2) is 3.82. The number of rotatable bonds is 2. The van der Waals surface area contributed by atoms with Gasteiger partial charge >= 0.3 is 0 Å². The number of benzene rings is 1. The van der Waals surface area contributed by atoms with E-state index in [0.717, 1.165) is 16.9 Å². The summed E-state index contributed by atoms with van der Waals surface area (Å²) in [4.78, 5) is 0. The molecule has 0 saturated carbocycles. The summed E-state index contributed by atoms with van der Waals surface area (Å²) in [6.45, 7) is 1.91. The number of para-hydroxylation sites is 1. The molecule has 4 heteroatoms. The third-order valence-electron chi connectivity index (χ3n) is 2.28. The highest BCUT2D eigenvalue weighted by Gasteiger charge is 2.05. The van der Waals surface area contributed by atoms with Crippen molar-refractivity contribution >= 4 is 18.4 Å². The summed E-state index contributed by atoms with van der Waals surface area (Å²) in [5.74, 6) is 0. The molecule has 0 atom stereocenters. The van der Waals surface area contributed by atoms with Crippen LogP contribution in [0.2, 0.25) is 0 Å². The number of hydrogen-bond donors (Lipinski definition) is 2. The fourth-order valence-corrected chi connectivity index (χ4v) is 1.85. The molecule has 0 bridgehead atoms. The molecule has 0 radical (unpaired) electrons. The van der Waals surface area contributed by atoms with Crippen LogP contribution in [0.3, 0.4) is 0 Å². The molecule has 2 rings (SSSR count). The van der Waals surface area contributed by atoms with Crippen molar-refractivity contribution in [3.8, 4) is 5.69 Å². The summed E-state index contributed by atoms with van der Waals surface area (Å²) >= 11 is 5.27. The van der Waals surface area contributed by atoms with E-state index in [9.17, 15) is 0 Å². The van der Waals surface area contributed by atoms with Gasteiger partial charge in [0.05, 0.1) is 5.69 Å². The maximum atomic E-state index is 7.28. The van der Waals surface area contributed by atoms with Gasteiger partial charge in [0.2, 0.25) is 0 Å². The third kappa shape index (κ3) is 1.64. The first-order valence-electron chi connectivity index (χ1n) is 4.61. The van der Waals surface area contributed by atoms with E-state index < -0.39 is 0 Å². The highest BCUT2D eigenvalue weighted by Crippen LogP contribution is 2.12. The first-order chi connectivity index (χ1) is 7.24. The van der Waals surface area contributed by atoms with E-state index in [1.807, 2.05) is 41.9 Å². The highest BCUT2D eigenvalue weighted by atomic mass is 32.1. The fourth-order valence-electron chi connectivity index (χ4n) is 1.49. The second-order valence-corrected chi connectivity index (χ2v) is 3.66. The standard InChI is InChI=1S/C11H11N3S/c1-8-10(7-12)11(15)14(13-8)9-5-3-2-4-6-9/h2-7,12-13H,1H3. The number of aryl methyl sites for hydroxylation is 1. The van der Waals surface area contributed by atoms with Crippen LogP contribution in [-0.2, 0) is 0 Å². The molecule has 2 N–H and O–H groups in total. The molecule has 0 unspecified atom stereocenters. The third-order valence-corrected chi connectivity index (χ3v) is 2.68. The number of nitrogens with one attached hydrogen (secondary N) is 2. The molecule has 1 aromatic heterocycles. The van der Waals surface area contributed by atoms with Gasteiger partial charge in [-0.2, -0.15) is 0 Å². The summed E-state index contributed by atoms with van der Waals surface area (Å²) < 4.78 is 2.46. The first kappa shape index (κ1) is 9.86. The molecular weight excluding hydrogens is 206 g/mol. The molecule has 1 aromatic carbocycles. The zero-order chi connectivity index (χ0) is 10.8. The lowest BCUT2D eigenvalue weighted by Crippen LogP contribution is -1.95. The number of nitrogens with zero attached hydrogens (tertiary/aromatic N) is 1. The Morgan fingerprint density at radius 2 is 2.00 bits per heavy atom. The van der Waals surface area contributed by atoms with E-state index in [2.05, 4.69) is 5.10 Å². The van der Waals surface area contributed by atoms with E-state index >= 15 is 0 Å². The quantitative estimate of drug-likeness (QED) is 0.589. The zero-order valence-electron chi connectivity index (χ0n) is 8.32. The molecule has 0 fully saturated rings. The van der Waals surface area contributed by atoms with E-state index in [-0.39, 0.29) is 0 Å². The van der Waals surface area contributed by atoms with Crippen LogP contribution < -0.4 is 0 Å². The Balaban J connectivity index is 2.66. The van der Waals surface area contributed by atoms with Gasteiger partial charge in [-0.05, 0) is 19.1 Å². The van der Waals surface area contributed by atoms with Gasteiger partial charge in [-0.15, -0.1) is 0 Å². The molecular formula is C11H11N3S. The van der Waals surface area contributed by atoms with Gasteiger partial charge in [0.15, 0.2) is 0 Å². The number of H-pyrrole nitrogens is 1. The van der Waals surface area contributed by atoms with E-state index in [1.165, 1.54) is 6.21 Å². The van der Waals surface area contributed by atoms with Gasteiger partial charge in [0, 0.05) is 17.5 Å². The molecule has 0 spiro atoms.